The molecule has 0 fully saturated rings. The molecule has 0 saturated heterocycles. The van der Waals surface area contributed by atoms with Crippen molar-refractivity contribution in [1.29, 1.82) is 5.26 Å². The van der Waals surface area contributed by atoms with Crippen LogP contribution in [0.15, 0.2) is 65.5 Å². The van der Waals surface area contributed by atoms with Crippen LogP contribution in [0, 0.1) is 17.1 Å². The zero-order valence-electron chi connectivity index (χ0n) is 19.7. The summed E-state index contributed by atoms with van der Waals surface area (Å²) < 4.78 is 18.9. The number of oxazole rings is 1. The molecule has 9 nitrogen and oxygen atoms in total. The summed E-state index contributed by atoms with van der Waals surface area (Å²) in [6.45, 7) is 4.11. The SMILES string of the molecule is CC(C)N1C=C([C@@H](Nc2cc(Cl)c3ncc(C#N)c(Nc4ccc(F)c(Cl)c4)c3c2)c2cocn2)NN1. The third-order valence-corrected chi connectivity index (χ3v) is 6.35. The fourth-order valence-corrected chi connectivity index (χ4v) is 4.34. The van der Waals surface area contributed by atoms with Crippen LogP contribution >= 0.6 is 23.2 Å². The number of benzene rings is 2. The number of halogens is 3. The van der Waals surface area contributed by atoms with E-state index in [1.165, 1.54) is 30.8 Å². The van der Waals surface area contributed by atoms with E-state index in [1.54, 1.807) is 12.3 Å². The van der Waals surface area contributed by atoms with Crippen LogP contribution in [0.25, 0.3) is 10.9 Å². The molecule has 188 valence electrons. The lowest BCUT2D eigenvalue weighted by Crippen LogP contribution is -2.41. The molecule has 0 unspecified atom stereocenters. The van der Waals surface area contributed by atoms with Gasteiger partial charge < -0.3 is 20.5 Å². The first kappa shape index (κ1) is 24.6. The Morgan fingerprint density at radius 3 is 2.62 bits per heavy atom. The molecule has 0 amide bonds. The third kappa shape index (κ3) is 4.97. The maximum atomic E-state index is 13.7. The predicted molar refractivity (Wildman–Crippen MR) is 140 cm³/mol. The Kier molecular flexibility index (Phi) is 6.76. The van der Waals surface area contributed by atoms with Crippen molar-refractivity contribution in [2.75, 3.05) is 10.6 Å². The monoisotopic (exact) mass is 538 g/mol. The molecule has 0 aliphatic carbocycles. The number of pyridine rings is 1. The highest BCUT2D eigenvalue weighted by Gasteiger charge is 2.26. The molecule has 4 N–H and O–H groups in total. The number of nitrogens with zero attached hydrogens (tertiary/aromatic N) is 4. The van der Waals surface area contributed by atoms with E-state index in [4.69, 9.17) is 27.6 Å². The fourth-order valence-electron chi connectivity index (χ4n) is 3.89. The van der Waals surface area contributed by atoms with Gasteiger partial charge in [-0.1, -0.05) is 23.2 Å². The summed E-state index contributed by atoms with van der Waals surface area (Å²) >= 11 is 12.6. The van der Waals surface area contributed by atoms with Crippen LogP contribution < -0.4 is 21.6 Å². The summed E-state index contributed by atoms with van der Waals surface area (Å²) in [5.74, 6) is -0.541. The molecule has 1 aliphatic heterocycles. The Labute approximate surface area is 221 Å². The van der Waals surface area contributed by atoms with E-state index in [2.05, 4.69) is 51.5 Å². The molecule has 12 heteroatoms. The van der Waals surface area contributed by atoms with Crippen LogP contribution in [0.4, 0.5) is 21.5 Å². The summed E-state index contributed by atoms with van der Waals surface area (Å²) in [5.41, 5.74) is 10.1. The molecular formula is C25H21Cl2FN8O. The zero-order chi connectivity index (χ0) is 26.1. The number of rotatable bonds is 7. The average molecular weight is 539 g/mol. The maximum absolute atomic E-state index is 13.7. The van der Waals surface area contributed by atoms with Crippen molar-refractivity contribution in [3.8, 4) is 6.07 Å². The van der Waals surface area contributed by atoms with E-state index in [0.29, 0.717) is 38.7 Å². The molecule has 2 aromatic heterocycles. The highest BCUT2D eigenvalue weighted by atomic mass is 35.5. The third-order valence-electron chi connectivity index (χ3n) is 5.77. The normalized spacial score (nSPS) is 13.9. The first-order valence-corrected chi connectivity index (χ1v) is 12.0. The highest BCUT2D eigenvalue weighted by molar-refractivity contribution is 6.36. The van der Waals surface area contributed by atoms with Crippen LogP contribution in [0.3, 0.4) is 0 Å². The largest absolute Gasteiger partial charge is 0.451 e. The number of hydrazine groups is 2. The summed E-state index contributed by atoms with van der Waals surface area (Å²) in [5, 5.41) is 19.2. The molecule has 0 radical (unpaired) electrons. The van der Waals surface area contributed by atoms with Gasteiger partial charge in [-0.2, -0.15) is 5.26 Å². The Hall–Kier alpha value is -4.04. The second kappa shape index (κ2) is 10.1. The Balaban J connectivity index is 1.58. The molecule has 1 atom stereocenters. The molecule has 3 heterocycles. The lowest BCUT2D eigenvalue weighted by atomic mass is 10.1. The summed E-state index contributed by atoms with van der Waals surface area (Å²) in [4.78, 5) is 8.71. The zero-order valence-corrected chi connectivity index (χ0v) is 21.2. The number of hydrogen-bond donors (Lipinski definition) is 4. The van der Waals surface area contributed by atoms with Gasteiger partial charge in [0.25, 0.3) is 0 Å². The van der Waals surface area contributed by atoms with Crippen molar-refractivity contribution < 1.29 is 8.81 Å². The highest BCUT2D eigenvalue weighted by Crippen LogP contribution is 2.37. The van der Waals surface area contributed by atoms with Crippen LogP contribution in [-0.2, 0) is 0 Å². The van der Waals surface area contributed by atoms with Crippen molar-refractivity contribution in [3.05, 3.63) is 88.2 Å². The first-order valence-electron chi connectivity index (χ1n) is 11.2. The lowest BCUT2D eigenvalue weighted by molar-refractivity contribution is 0.220. The minimum atomic E-state index is -0.541. The number of nitrogens with one attached hydrogen (secondary N) is 4. The van der Waals surface area contributed by atoms with Gasteiger partial charge >= 0.3 is 0 Å². The molecular weight excluding hydrogens is 518 g/mol. The predicted octanol–water partition coefficient (Wildman–Crippen LogP) is 6.01. The van der Waals surface area contributed by atoms with Crippen molar-refractivity contribution in [3.63, 3.8) is 0 Å². The second-order valence-electron chi connectivity index (χ2n) is 8.58. The molecule has 2 aromatic carbocycles. The van der Waals surface area contributed by atoms with Crippen LogP contribution in [0.5, 0.6) is 0 Å². The fraction of sp³-hybridized carbons (Fsp3) is 0.160. The smallest absolute Gasteiger partial charge is 0.180 e. The number of nitriles is 1. The minimum Gasteiger partial charge on any atom is -0.451 e. The number of fused-ring (bicyclic) bond motifs is 1. The number of anilines is 3. The van der Waals surface area contributed by atoms with Gasteiger partial charge in [-0.15, -0.1) is 5.53 Å². The topological polar surface area (TPSA) is 114 Å². The van der Waals surface area contributed by atoms with Crippen LogP contribution in [-0.4, -0.2) is 21.0 Å². The maximum Gasteiger partial charge on any atom is 0.180 e. The first-order chi connectivity index (χ1) is 17.8. The van der Waals surface area contributed by atoms with E-state index in [1.807, 2.05) is 17.3 Å². The molecule has 4 aromatic rings. The molecule has 0 bridgehead atoms. The van der Waals surface area contributed by atoms with E-state index >= 15 is 0 Å². The molecule has 37 heavy (non-hydrogen) atoms. The Bertz CT molecular complexity index is 1530. The Morgan fingerprint density at radius 2 is 1.95 bits per heavy atom. The number of aromatic nitrogens is 2. The summed E-state index contributed by atoms with van der Waals surface area (Å²) in [6.07, 6.45) is 6.30. The van der Waals surface area contributed by atoms with Crippen molar-refractivity contribution in [2.24, 2.45) is 0 Å². The molecule has 1 aliphatic rings. The Morgan fingerprint density at radius 1 is 1.14 bits per heavy atom. The number of hydrogen-bond acceptors (Lipinski definition) is 9. The summed E-state index contributed by atoms with van der Waals surface area (Å²) in [7, 11) is 0. The van der Waals surface area contributed by atoms with E-state index in [-0.39, 0.29) is 16.6 Å². The summed E-state index contributed by atoms with van der Waals surface area (Å²) in [6, 6.07) is 9.75. The van der Waals surface area contributed by atoms with Gasteiger partial charge in [0.15, 0.2) is 6.39 Å². The van der Waals surface area contributed by atoms with Gasteiger partial charge in [0.05, 0.1) is 32.5 Å². The molecule has 5 rings (SSSR count). The van der Waals surface area contributed by atoms with E-state index in [9.17, 15) is 9.65 Å². The van der Waals surface area contributed by atoms with Crippen molar-refractivity contribution >= 4 is 51.2 Å². The van der Waals surface area contributed by atoms with Gasteiger partial charge in [-0.25, -0.2) is 9.37 Å². The minimum absolute atomic E-state index is 0.0425. The van der Waals surface area contributed by atoms with Gasteiger partial charge in [-0.05, 0) is 44.2 Å². The van der Waals surface area contributed by atoms with E-state index < -0.39 is 11.9 Å². The van der Waals surface area contributed by atoms with Crippen LogP contribution in [0.2, 0.25) is 10.0 Å². The van der Waals surface area contributed by atoms with Crippen molar-refractivity contribution in [1.82, 2.24) is 25.9 Å². The quantitative estimate of drug-likeness (QED) is 0.224. The van der Waals surface area contributed by atoms with Gasteiger partial charge in [0, 0.05) is 35.2 Å². The average Bonchev–Trinajstić information content (AvgIpc) is 3.58. The van der Waals surface area contributed by atoms with Gasteiger partial charge in [0.1, 0.15) is 29.9 Å². The molecule has 0 spiro atoms. The second-order valence-corrected chi connectivity index (χ2v) is 9.39. The molecule has 0 saturated carbocycles. The van der Waals surface area contributed by atoms with Gasteiger partial charge in [-0.3, -0.25) is 9.99 Å². The van der Waals surface area contributed by atoms with Gasteiger partial charge in [0.2, 0.25) is 0 Å². The van der Waals surface area contributed by atoms with Crippen LogP contribution in [0.1, 0.15) is 31.1 Å². The van der Waals surface area contributed by atoms with Crippen molar-refractivity contribution in [2.45, 2.75) is 25.9 Å². The lowest BCUT2D eigenvalue weighted by Gasteiger charge is -2.20. The standard InChI is InChI=1S/C25H21Cl2FN8O/c1-13(2)36-10-21(34-35-36)25(22-11-37-12-31-22)33-16-5-17-23(32-15-3-4-20(28)18(26)6-15)14(8-29)9-30-24(17)19(27)7-16/h3-7,9-13,25,33-35H,1-2H3,(H,30,32)/t25-/m1/s1. The van der Waals surface area contributed by atoms with E-state index in [0.717, 1.165) is 5.70 Å².